The first-order valence-electron chi connectivity index (χ1n) is 3.42. The van der Waals surface area contributed by atoms with Crippen LogP contribution in [0.3, 0.4) is 0 Å². The van der Waals surface area contributed by atoms with Crippen LogP contribution in [0.1, 0.15) is 0 Å². The van der Waals surface area contributed by atoms with E-state index in [0.717, 1.165) is 0 Å². The second-order valence-corrected chi connectivity index (χ2v) is 4.08. The highest BCUT2D eigenvalue weighted by Gasteiger charge is 2.20. The minimum atomic E-state index is -4.22. The molecule has 0 aliphatic heterocycles. The van der Waals surface area contributed by atoms with Crippen molar-refractivity contribution in [2.45, 2.75) is 6.10 Å². The topological polar surface area (TPSA) is 133 Å². The van der Waals surface area contributed by atoms with Crippen LogP contribution in [-0.4, -0.2) is 45.5 Å². The van der Waals surface area contributed by atoms with Gasteiger partial charge in [0.2, 0.25) is 0 Å². The molecule has 0 fully saturated rings. The predicted molar refractivity (Wildman–Crippen MR) is 43.4 cm³/mol. The van der Waals surface area contributed by atoms with E-state index in [-0.39, 0.29) is 12.8 Å². The van der Waals surface area contributed by atoms with Gasteiger partial charge in [-0.05, 0) is 0 Å². The molecule has 0 saturated heterocycles. The van der Waals surface area contributed by atoms with Crippen LogP contribution in [0, 0.1) is 6.23 Å². The van der Waals surface area contributed by atoms with Crippen LogP contribution in [0.15, 0.2) is 0 Å². The van der Waals surface area contributed by atoms with Crippen LogP contribution < -0.4 is 5.73 Å². The van der Waals surface area contributed by atoms with Crippen molar-refractivity contribution in [3.63, 3.8) is 0 Å². The first-order valence-corrected chi connectivity index (χ1v) is 5.22. The van der Waals surface area contributed by atoms with E-state index in [0.29, 0.717) is 0 Å². The highest BCUT2D eigenvalue weighted by atomic mass is 31.2. The predicted octanol–water partition coefficient (Wildman–Crippen LogP) is -2.02. The van der Waals surface area contributed by atoms with Crippen LogP contribution in [0.25, 0.3) is 0 Å². The monoisotopic (exact) mass is 214 g/mol. The molecule has 6 N–H and O–H groups in total. The zero-order valence-corrected chi connectivity index (χ0v) is 7.72. The van der Waals surface area contributed by atoms with E-state index in [2.05, 4.69) is 4.74 Å². The summed E-state index contributed by atoms with van der Waals surface area (Å²) < 4.78 is 14.9. The molecule has 0 heterocycles. The van der Waals surface area contributed by atoms with Crippen LogP contribution in [0.5, 0.6) is 0 Å². The third kappa shape index (κ3) is 8.32. The molecule has 0 aromatic carbocycles. The van der Waals surface area contributed by atoms with Gasteiger partial charge in [0.25, 0.3) is 0 Å². The Labute approximate surface area is 75.3 Å². The lowest BCUT2D eigenvalue weighted by molar-refractivity contribution is 0.0124. The third-order valence-electron chi connectivity index (χ3n) is 1.03. The molecule has 1 atom stereocenters. The third-order valence-corrected chi connectivity index (χ3v) is 1.76. The highest BCUT2D eigenvalue weighted by molar-refractivity contribution is 7.51. The van der Waals surface area contributed by atoms with E-state index < -0.39 is 26.5 Å². The van der Waals surface area contributed by atoms with Gasteiger partial charge in [-0.1, -0.05) is 0 Å². The lowest BCUT2D eigenvalue weighted by Crippen LogP contribution is -2.26. The maximum absolute atomic E-state index is 10.4. The molecule has 79 valence electrons. The van der Waals surface area contributed by atoms with Crippen molar-refractivity contribution in [2.75, 3.05) is 19.4 Å². The van der Waals surface area contributed by atoms with Crippen LogP contribution in [0.4, 0.5) is 0 Å². The van der Waals surface area contributed by atoms with E-state index in [4.69, 9.17) is 25.7 Å². The Bertz CT molecular complexity index is 182. The molecule has 0 amide bonds. The molecule has 13 heavy (non-hydrogen) atoms. The van der Waals surface area contributed by atoms with Crippen LogP contribution >= 0.6 is 7.60 Å². The fourth-order valence-corrected chi connectivity index (χ4v) is 1.00. The quantitative estimate of drug-likeness (QED) is 0.322. The zero-order chi connectivity index (χ0) is 10.5. The van der Waals surface area contributed by atoms with Crippen molar-refractivity contribution in [1.29, 1.82) is 0 Å². The minimum Gasteiger partial charge on any atom is -0.394 e. The van der Waals surface area contributed by atoms with Gasteiger partial charge in [-0.15, -0.1) is 0 Å². The molecule has 0 aromatic heterocycles. The smallest absolute Gasteiger partial charge is 0.330 e. The molecule has 1 unspecified atom stereocenters. The Hall–Kier alpha value is -0.0100. The summed E-state index contributed by atoms with van der Waals surface area (Å²) in [6.45, 7) is -0.786. The highest BCUT2D eigenvalue weighted by Crippen LogP contribution is 2.36. The maximum Gasteiger partial charge on any atom is 0.330 e. The lowest BCUT2D eigenvalue weighted by Gasteiger charge is -2.14. The Kier molecular flexibility index (Phi) is 5.66. The van der Waals surface area contributed by atoms with Gasteiger partial charge in [0, 0.05) is 0 Å². The van der Waals surface area contributed by atoms with E-state index in [1.807, 2.05) is 0 Å². The van der Waals surface area contributed by atoms with Crippen LogP contribution in [0.2, 0.25) is 0 Å². The fourth-order valence-electron chi connectivity index (χ4n) is 0.505. The van der Waals surface area contributed by atoms with Gasteiger partial charge >= 0.3 is 7.60 Å². The van der Waals surface area contributed by atoms with Gasteiger partial charge in [-0.25, -0.2) is 0 Å². The van der Waals surface area contributed by atoms with Gasteiger partial charge in [0.15, 0.2) is 6.23 Å². The Morgan fingerprint density at radius 3 is 2.46 bits per heavy atom. The van der Waals surface area contributed by atoms with Crippen molar-refractivity contribution >= 4 is 7.60 Å². The van der Waals surface area contributed by atoms with Crippen molar-refractivity contribution in [1.82, 2.24) is 0 Å². The molecule has 0 saturated carbocycles. The summed E-state index contributed by atoms with van der Waals surface area (Å²) in [5, 5.41) is 17.1. The number of aliphatic hydroxyl groups excluding tert-OH is 2. The number of hydrogen-bond acceptors (Lipinski definition) is 5. The van der Waals surface area contributed by atoms with Crippen molar-refractivity contribution in [3.8, 4) is 0 Å². The lowest BCUT2D eigenvalue weighted by atomic mass is 10.4. The molecule has 0 bridgehead atoms. The normalized spacial score (nSPS) is 14.9. The summed E-state index contributed by atoms with van der Waals surface area (Å²) in [5.74, 6) is 0. The van der Waals surface area contributed by atoms with E-state index in [1.165, 1.54) is 0 Å². The minimum absolute atomic E-state index is 0.289. The van der Waals surface area contributed by atoms with E-state index in [1.54, 1.807) is 0 Å². The summed E-state index contributed by atoms with van der Waals surface area (Å²) in [5.41, 5.74) is 5.07. The molecule has 8 heteroatoms. The summed E-state index contributed by atoms with van der Waals surface area (Å²) in [6.07, 6.45) is -2.15. The SMILES string of the molecule is N[C](CP(=O)(O)O)OCC(O)CO. The standard InChI is InChI=1S/C5H13NO6P/c6-5(3-13(9,10)11)12-2-4(8)1-7/h4,7-8H,1-3,6H2,(H2,9,10,11). The van der Waals surface area contributed by atoms with Gasteiger partial charge < -0.3 is 24.7 Å². The Morgan fingerprint density at radius 1 is 1.54 bits per heavy atom. The molecule has 7 nitrogen and oxygen atoms in total. The average molecular weight is 214 g/mol. The molecule has 0 aliphatic carbocycles. The summed E-state index contributed by atoms with van der Waals surface area (Å²) >= 11 is 0. The Morgan fingerprint density at radius 2 is 2.08 bits per heavy atom. The fraction of sp³-hybridized carbons (Fsp3) is 0.800. The largest absolute Gasteiger partial charge is 0.394 e. The molecule has 0 aromatic rings. The van der Waals surface area contributed by atoms with E-state index >= 15 is 0 Å². The van der Waals surface area contributed by atoms with Gasteiger partial charge in [-0.2, -0.15) is 0 Å². The average Bonchev–Trinajstić information content (AvgIpc) is 1.97. The van der Waals surface area contributed by atoms with E-state index in [9.17, 15) is 4.57 Å². The molecular formula is C5H13NO6P. The number of aliphatic hydroxyl groups is 2. The number of rotatable bonds is 6. The second-order valence-electron chi connectivity index (χ2n) is 2.44. The molecule has 0 spiro atoms. The first-order chi connectivity index (χ1) is 5.85. The molecule has 0 aliphatic rings. The van der Waals surface area contributed by atoms with Crippen LogP contribution in [-0.2, 0) is 9.30 Å². The maximum atomic E-state index is 10.4. The second kappa shape index (κ2) is 5.66. The molecule has 1 radical (unpaired) electrons. The summed E-state index contributed by atoms with van der Waals surface area (Å²) in [7, 11) is -4.22. The number of nitrogens with two attached hydrogens (primary N) is 1. The van der Waals surface area contributed by atoms with Crippen molar-refractivity contribution in [3.05, 3.63) is 6.23 Å². The first kappa shape index (κ1) is 13.0. The van der Waals surface area contributed by atoms with Crippen molar-refractivity contribution in [2.24, 2.45) is 5.73 Å². The van der Waals surface area contributed by atoms with Gasteiger partial charge in [0.05, 0.1) is 19.4 Å². The van der Waals surface area contributed by atoms with Crippen molar-refractivity contribution < 1.29 is 29.3 Å². The number of hydrogen-bond donors (Lipinski definition) is 5. The summed E-state index contributed by atoms with van der Waals surface area (Å²) in [4.78, 5) is 16.9. The Balaban J connectivity index is 3.63. The van der Waals surface area contributed by atoms with Gasteiger partial charge in [-0.3, -0.25) is 10.3 Å². The molecular weight excluding hydrogens is 201 g/mol. The zero-order valence-electron chi connectivity index (χ0n) is 6.83. The van der Waals surface area contributed by atoms with Gasteiger partial charge in [0.1, 0.15) is 6.10 Å². The number of ether oxygens (including phenoxy) is 1. The summed E-state index contributed by atoms with van der Waals surface area (Å²) in [6, 6.07) is 0. The molecule has 0 rings (SSSR count).